The van der Waals surface area contributed by atoms with Crippen molar-refractivity contribution in [2.24, 2.45) is 0 Å². The number of nitrogens with one attached hydrogen (secondary N) is 3. The largest absolute Gasteiger partial charge is 0.480 e. The van der Waals surface area contributed by atoms with Crippen molar-refractivity contribution in [1.82, 2.24) is 30.7 Å². The lowest BCUT2D eigenvalue weighted by Gasteiger charge is -2.14. The first-order valence-corrected chi connectivity index (χ1v) is 11.9. The Morgan fingerprint density at radius 1 is 1.03 bits per heavy atom. The third kappa shape index (κ3) is 7.77. The Kier molecular flexibility index (Phi) is 9.80. The Bertz CT molecular complexity index is 1220. The van der Waals surface area contributed by atoms with Crippen LogP contribution in [-0.4, -0.2) is 63.3 Å². The Labute approximate surface area is 218 Å². The summed E-state index contributed by atoms with van der Waals surface area (Å²) in [6.07, 6.45) is 0.234. The molecule has 12 heteroatoms. The van der Waals surface area contributed by atoms with Crippen molar-refractivity contribution in [2.75, 3.05) is 19.6 Å². The third-order valence-electron chi connectivity index (χ3n) is 5.24. The molecule has 0 bridgehead atoms. The van der Waals surface area contributed by atoms with Gasteiger partial charge in [-0.1, -0.05) is 42.5 Å². The van der Waals surface area contributed by atoms with E-state index in [1.165, 1.54) is 11.6 Å². The highest BCUT2D eigenvalue weighted by Gasteiger charge is 2.17. The fraction of sp³-hybridized carbons (Fsp3) is 0.292. The number of halogens is 2. The third-order valence-corrected chi connectivity index (χ3v) is 5.68. The van der Waals surface area contributed by atoms with Gasteiger partial charge in [0.2, 0.25) is 16.5 Å². The molecule has 0 spiro atoms. The smallest absolute Gasteiger partial charge is 0.326 e. The Hall–Kier alpha value is -3.47. The summed E-state index contributed by atoms with van der Waals surface area (Å²) >= 11 is 11.8. The number of rotatable bonds is 12. The van der Waals surface area contributed by atoms with E-state index in [-0.39, 0.29) is 22.9 Å². The molecule has 0 radical (unpaired) electrons. The van der Waals surface area contributed by atoms with Crippen LogP contribution in [0.5, 0.6) is 0 Å². The van der Waals surface area contributed by atoms with Crippen molar-refractivity contribution in [2.45, 2.75) is 25.9 Å². The van der Waals surface area contributed by atoms with E-state index in [1.807, 2.05) is 36.4 Å². The molecule has 1 unspecified atom stereocenters. The highest BCUT2D eigenvalue weighted by atomic mass is 35.5. The van der Waals surface area contributed by atoms with Gasteiger partial charge in [-0.25, -0.2) is 9.48 Å². The van der Waals surface area contributed by atoms with Gasteiger partial charge in [0.1, 0.15) is 6.04 Å². The number of carbonyl (C=O) groups excluding carboxylic acids is 2. The summed E-state index contributed by atoms with van der Waals surface area (Å²) in [5.41, 5.74) is 3.14. The lowest BCUT2D eigenvalue weighted by molar-refractivity contribution is -0.141. The average Bonchev–Trinajstić information content (AvgIpc) is 3.16. The van der Waals surface area contributed by atoms with Gasteiger partial charge in [0.15, 0.2) is 0 Å². The number of hydrogen-bond donors (Lipinski definition) is 4. The minimum Gasteiger partial charge on any atom is -0.480 e. The Morgan fingerprint density at radius 2 is 1.75 bits per heavy atom. The number of nitrogens with zero attached hydrogens (tertiary/aromatic N) is 3. The summed E-state index contributed by atoms with van der Waals surface area (Å²) in [5.74, 6) is -1.70. The van der Waals surface area contributed by atoms with Crippen LogP contribution in [0.4, 0.5) is 0 Å². The maximum absolute atomic E-state index is 12.8. The van der Waals surface area contributed by atoms with E-state index in [2.05, 4.69) is 26.0 Å². The van der Waals surface area contributed by atoms with Gasteiger partial charge in [0.25, 0.3) is 5.91 Å². The van der Waals surface area contributed by atoms with E-state index in [1.54, 1.807) is 12.1 Å². The van der Waals surface area contributed by atoms with Crippen LogP contribution < -0.4 is 16.0 Å². The van der Waals surface area contributed by atoms with E-state index in [0.29, 0.717) is 31.7 Å². The van der Waals surface area contributed by atoms with Crippen LogP contribution >= 0.6 is 23.2 Å². The molecule has 4 N–H and O–H groups in total. The lowest BCUT2D eigenvalue weighted by Crippen LogP contribution is -2.42. The number of carboxylic acids is 1. The number of amides is 2. The van der Waals surface area contributed by atoms with Gasteiger partial charge >= 0.3 is 5.97 Å². The number of aromatic nitrogens is 3. The minimum atomic E-state index is -1.09. The predicted octanol–water partition coefficient (Wildman–Crippen LogP) is 2.60. The van der Waals surface area contributed by atoms with E-state index in [0.717, 1.165) is 16.7 Å². The first-order chi connectivity index (χ1) is 17.2. The van der Waals surface area contributed by atoms with E-state index in [4.69, 9.17) is 28.3 Å². The van der Waals surface area contributed by atoms with Crippen molar-refractivity contribution < 1.29 is 19.5 Å². The second kappa shape index (κ2) is 13.0. The molecule has 2 amide bonds. The van der Waals surface area contributed by atoms with Crippen molar-refractivity contribution in [3.63, 3.8) is 0 Å². The molecule has 2 aromatic carbocycles. The van der Waals surface area contributed by atoms with Gasteiger partial charge in [-0.3, -0.25) is 9.59 Å². The van der Waals surface area contributed by atoms with Crippen LogP contribution in [0, 0.1) is 0 Å². The van der Waals surface area contributed by atoms with Crippen LogP contribution in [0.1, 0.15) is 29.3 Å². The minimum absolute atomic E-state index is 0.0844. The van der Waals surface area contributed by atoms with Crippen molar-refractivity contribution in [3.05, 3.63) is 70.2 Å². The Balaban J connectivity index is 1.53. The molecule has 0 aliphatic rings. The number of benzene rings is 2. The fourth-order valence-electron chi connectivity index (χ4n) is 3.53. The molecular formula is C24H26Cl2N6O4. The van der Waals surface area contributed by atoms with E-state index in [9.17, 15) is 14.4 Å². The summed E-state index contributed by atoms with van der Waals surface area (Å²) in [6.45, 7) is 2.86. The predicted molar refractivity (Wildman–Crippen MR) is 136 cm³/mol. The molecule has 0 aliphatic heterocycles. The molecule has 1 aromatic heterocycles. The number of carbonyl (C=O) groups is 3. The Morgan fingerprint density at radius 3 is 2.39 bits per heavy atom. The van der Waals surface area contributed by atoms with Gasteiger partial charge in [0.05, 0.1) is 6.54 Å². The lowest BCUT2D eigenvalue weighted by atomic mass is 9.98. The summed E-state index contributed by atoms with van der Waals surface area (Å²) in [7, 11) is 0. The first kappa shape index (κ1) is 27.1. The summed E-state index contributed by atoms with van der Waals surface area (Å²) in [5, 5.41) is 21.8. The normalized spacial score (nSPS) is 11.6. The van der Waals surface area contributed by atoms with Gasteiger partial charge in [-0.2, -0.15) is 4.98 Å². The topological polar surface area (TPSA) is 138 Å². The monoisotopic (exact) mass is 532 g/mol. The standard InChI is InChI=1S/C24H26Cl2N6O4/c1-15(33)29-20(22(35)36)10-11-27-12-13-28-21(34)19-5-3-2-4-18(19)17-8-6-16(7-9-17)14-32-24(26)30-23(25)31-32/h2-9,20,27H,10-14H2,1H3,(H,28,34)(H,29,33)(H,35,36). The zero-order valence-electron chi connectivity index (χ0n) is 19.5. The van der Waals surface area contributed by atoms with Crippen molar-refractivity contribution >= 4 is 41.0 Å². The first-order valence-electron chi connectivity index (χ1n) is 11.2. The molecule has 0 aliphatic carbocycles. The maximum atomic E-state index is 12.8. The van der Waals surface area contributed by atoms with Gasteiger partial charge < -0.3 is 21.1 Å². The number of aliphatic carboxylic acids is 1. The fourth-order valence-corrected chi connectivity index (χ4v) is 3.92. The number of hydrogen-bond acceptors (Lipinski definition) is 6. The van der Waals surface area contributed by atoms with Crippen molar-refractivity contribution in [1.29, 1.82) is 0 Å². The van der Waals surface area contributed by atoms with Gasteiger partial charge in [0, 0.05) is 25.6 Å². The zero-order valence-corrected chi connectivity index (χ0v) is 21.0. The highest BCUT2D eigenvalue weighted by Crippen LogP contribution is 2.24. The van der Waals surface area contributed by atoms with Crippen LogP contribution in [0.3, 0.4) is 0 Å². The van der Waals surface area contributed by atoms with Crippen LogP contribution in [-0.2, 0) is 16.1 Å². The summed E-state index contributed by atoms with van der Waals surface area (Å²) in [6, 6.07) is 14.0. The molecule has 1 atom stereocenters. The second-order valence-electron chi connectivity index (χ2n) is 7.94. The molecule has 0 saturated heterocycles. The molecule has 0 saturated carbocycles. The van der Waals surface area contributed by atoms with Crippen LogP contribution in [0.15, 0.2) is 48.5 Å². The van der Waals surface area contributed by atoms with Crippen LogP contribution in [0.25, 0.3) is 11.1 Å². The molecule has 3 aromatic rings. The second-order valence-corrected chi connectivity index (χ2v) is 8.61. The maximum Gasteiger partial charge on any atom is 0.326 e. The number of carboxylic acid groups (broad SMARTS) is 1. The molecule has 3 rings (SSSR count). The van der Waals surface area contributed by atoms with Gasteiger partial charge in [-0.15, -0.1) is 5.10 Å². The summed E-state index contributed by atoms with van der Waals surface area (Å²) < 4.78 is 1.50. The average molecular weight is 533 g/mol. The molecule has 10 nitrogen and oxygen atoms in total. The molecule has 36 heavy (non-hydrogen) atoms. The molecule has 0 fully saturated rings. The van der Waals surface area contributed by atoms with E-state index < -0.39 is 17.9 Å². The summed E-state index contributed by atoms with van der Waals surface area (Å²) in [4.78, 5) is 38.9. The van der Waals surface area contributed by atoms with Gasteiger partial charge in [-0.05, 0) is 58.9 Å². The van der Waals surface area contributed by atoms with E-state index >= 15 is 0 Å². The highest BCUT2D eigenvalue weighted by molar-refractivity contribution is 6.31. The quantitative estimate of drug-likeness (QED) is 0.263. The SMILES string of the molecule is CC(=O)NC(CCNCCNC(=O)c1ccccc1-c1ccc(Cn2nc(Cl)nc2Cl)cc1)C(=O)O. The molecule has 1 heterocycles. The zero-order chi connectivity index (χ0) is 26.1. The van der Waals surface area contributed by atoms with Crippen LogP contribution in [0.2, 0.25) is 10.6 Å². The molecular weight excluding hydrogens is 507 g/mol. The van der Waals surface area contributed by atoms with Crippen molar-refractivity contribution in [3.8, 4) is 11.1 Å². The molecule has 190 valence electrons.